The van der Waals surface area contributed by atoms with Crippen LogP contribution < -0.4 is 5.73 Å². The quantitative estimate of drug-likeness (QED) is 0.850. The Morgan fingerprint density at radius 1 is 1.44 bits per heavy atom. The van der Waals surface area contributed by atoms with E-state index in [4.69, 9.17) is 10.5 Å². The zero-order valence-corrected chi connectivity index (χ0v) is 11.8. The summed E-state index contributed by atoms with van der Waals surface area (Å²) in [7, 11) is 0. The van der Waals surface area contributed by atoms with Gasteiger partial charge in [0.15, 0.2) is 0 Å². The molecule has 2 nitrogen and oxygen atoms in total. The van der Waals surface area contributed by atoms with Gasteiger partial charge in [0.2, 0.25) is 0 Å². The SMILES string of the molecule is CC1CCCC(OCc2ccc(C#CCN)s2)C1. The van der Waals surface area contributed by atoms with Gasteiger partial charge in [0, 0.05) is 4.88 Å². The number of hydrogen-bond acceptors (Lipinski definition) is 3. The van der Waals surface area contributed by atoms with Gasteiger partial charge in [0.1, 0.15) is 0 Å². The Bertz CT molecular complexity index is 429. The minimum atomic E-state index is 0.420. The number of ether oxygens (including phenoxy) is 1. The summed E-state index contributed by atoms with van der Waals surface area (Å²) in [5.41, 5.74) is 5.36. The van der Waals surface area contributed by atoms with E-state index in [9.17, 15) is 0 Å². The van der Waals surface area contributed by atoms with Gasteiger partial charge in [0.05, 0.1) is 24.1 Å². The van der Waals surface area contributed by atoms with Gasteiger partial charge in [-0.3, -0.25) is 0 Å². The molecule has 1 aliphatic carbocycles. The highest BCUT2D eigenvalue weighted by Crippen LogP contribution is 2.27. The largest absolute Gasteiger partial charge is 0.373 e. The van der Waals surface area contributed by atoms with Crippen molar-refractivity contribution >= 4 is 11.3 Å². The molecule has 2 rings (SSSR count). The third-order valence-electron chi connectivity index (χ3n) is 3.32. The van der Waals surface area contributed by atoms with Gasteiger partial charge in [-0.1, -0.05) is 31.6 Å². The molecule has 0 radical (unpaired) electrons. The molecule has 18 heavy (non-hydrogen) atoms. The van der Waals surface area contributed by atoms with Gasteiger partial charge in [-0.05, 0) is 30.9 Å². The van der Waals surface area contributed by atoms with E-state index in [1.54, 1.807) is 11.3 Å². The van der Waals surface area contributed by atoms with Crippen LogP contribution in [0.4, 0.5) is 0 Å². The van der Waals surface area contributed by atoms with Crippen LogP contribution in [-0.4, -0.2) is 12.6 Å². The minimum Gasteiger partial charge on any atom is -0.373 e. The molecule has 1 fully saturated rings. The van der Waals surface area contributed by atoms with Crippen LogP contribution in [-0.2, 0) is 11.3 Å². The molecule has 0 aliphatic heterocycles. The van der Waals surface area contributed by atoms with Crippen LogP contribution in [0.15, 0.2) is 12.1 Å². The van der Waals surface area contributed by atoms with E-state index in [-0.39, 0.29) is 0 Å². The molecular formula is C15H21NOS. The number of nitrogens with two attached hydrogens (primary N) is 1. The summed E-state index contributed by atoms with van der Waals surface area (Å²) in [4.78, 5) is 2.34. The Kier molecular flexibility index (Phi) is 5.25. The molecule has 0 spiro atoms. The van der Waals surface area contributed by atoms with E-state index >= 15 is 0 Å². The van der Waals surface area contributed by atoms with Crippen molar-refractivity contribution in [2.75, 3.05) is 6.54 Å². The Labute approximate surface area is 114 Å². The predicted molar refractivity (Wildman–Crippen MR) is 76.5 cm³/mol. The normalized spacial score (nSPS) is 23.4. The maximum absolute atomic E-state index is 5.99. The van der Waals surface area contributed by atoms with E-state index in [1.165, 1.54) is 30.6 Å². The molecule has 0 bridgehead atoms. The average molecular weight is 263 g/mol. The van der Waals surface area contributed by atoms with Gasteiger partial charge in [-0.2, -0.15) is 0 Å². The molecule has 98 valence electrons. The molecule has 2 atom stereocenters. The van der Waals surface area contributed by atoms with Crippen molar-refractivity contribution in [3.8, 4) is 11.8 Å². The lowest BCUT2D eigenvalue weighted by Crippen LogP contribution is -2.21. The fraction of sp³-hybridized carbons (Fsp3) is 0.600. The highest BCUT2D eigenvalue weighted by atomic mass is 32.1. The molecule has 1 aromatic heterocycles. The molecule has 1 saturated carbocycles. The Morgan fingerprint density at radius 2 is 2.33 bits per heavy atom. The summed E-state index contributed by atoms with van der Waals surface area (Å²) >= 11 is 1.71. The van der Waals surface area contributed by atoms with Crippen LogP contribution in [0.1, 0.15) is 42.4 Å². The number of rotatable bonds is 3. The Balaban J connectivity index is 1.81. The molecule has 3 heteroatoms. The summed E-state index contributed by atoms with van der Waals surface area (Å²) in [5.74, 6) is 6.75. The molecule has 1 aliphatic rings. The van der Waals surface area contributed by atoms with Gasteiger partial charge in [-0.25, -0.2) is 0 Å². The van der Waals surface area contributed by atoms with E-state index in [0.29, 0.717) is 12.6 Å². The molecule has 0 aromatic carbocycles. The second-order valence-corrected chi connectivity index (χ2v) is 6.14. The fourth-order valence-corrected chi connectivity index (χ4v) is 3.20. The molecule has 2 N–H and O–H groups in total. The number of hydrogen-bond donors (Lipinski definition) is 1. The first-order valence-electron chi connectivity index (χ1n) is 6.67. The van der Waals surface area contributed by atoms with Crippen LogP contribution in [0.5, 0.6) is 0 Å². The monoisotopic (exact) mass is 263 g/mol. The summed E-state index contributed by atoms with van der Waals surface area (Å²) in [6.45, 7) is 3.47. The zero-order chi connectivity index (χ0) is 12.8. The fourth-order valence-electron chi connectivity index (χ4n) is 2.39. The molecular weight excluding hydrogens is 242 g/mol. The van der Waals surface area contributed by atoms with Crippen LogP contribution in [0.2, 0.25) is 0 Å². The van der Waals surface area contributed by atoms with Crippen LogP contribution in [0.25, 0.3) is 0 Å². The summed E-state index contributed by atoms with van der Waals surface area (Å²) in [5, 5.41) is 0. The summed E-state index contributed by atoms with van der Waals surface area (Å²) in [6.07, 6.45) is 5.55. The van der Waals surface area contributed by atoms with E-state index < -0.39 is 0 Å². The molecule has 0 saturated heterocycles. The molecule has 0 amide bonds. The van der Waals surface area contributed by atoms with Gasteiger partial charge in [-0.15, -0.1) is 11.3 Å². The van der Waals surface area contributed by atoms with Crippen molar-refractivity contribution < 1.29 is 4.74 Å². The van der Waals surface area contributed by atoms with E-state index in [0.717, 1.165) is 17.4 Å². The van der Waals surface area contributed by atoms with E-state index in [2.05, 4.69) is 30.9 Å². The maximum Gasteiger partial charge on any atom is 0.0813 e. The summed E-state index contributed by atoms with van der Waals surface area (Å²) in [6, 6.07) is 4.16. The topological polar surface area (TPSA) is 35.2 Å². The van der Waals surface area contributed by atoms with Gasteiger partial charge < -0.3 is 10.5 Å². The standard InChI is InChI=1S/C15H21NOS/c1-12-4-2-5-13(10-12)17-11-15-8-7-14(18-15)6-3-9-16/h7-8,12-13H,2,4-5,9-11,16H2,1H3. The average Bonchev–Trinajstić information content (AvgIpc) is 2.82. The first-order valence-corrected chi connectivity index (χ1v) is 7.49. The first kappa shape index (κ1) is 13.6. The second kappa shape index (κ2) is 6.94. The lowest BCUT2D eigenvalue weighted by atomic mass is 9.89. The highest BCUT2D eigenvalue weighted by molar-refractivity contribution is 7.12. The lowest BCUT2D eigenvalue weighted by molar-refractivity contribution is 0.00591. The maximum atomic E-state index is 5.99. The second-order valence-electron chi connectivity index (χ2n) is 4.98. The third-order valence-corrected chi connectivity index (χ3v) is 4.30. The lowest BCUT2D eigenvalue weighted by Gasteiger charge is -2.26. The smallest absolute Gasteiger partial charge is 0.0813 e. The van der Waals surface area contributed by atoms with Crippen LogP contribution in [0.3, 0.4) is 0 Å². The molecule has 1 heterocycles. The van der Waals surface area contributed by atoms with Crippen molar-refractivity contribution in [2.24, 2.45) is 11.7 Å². The van der Waals surface area contributed by atoms with Gasteiger partial charge in [0.25, 0.3) is 0 Å². The Morgan fingerprint density at radius 3 is 3.11 bits per heavy atom. The Hall–Kier alpha value is -0.820. The highest BCUT2D eigenvalue weighted by Gasteiger charge is 2.19. The first-order chi connectivity index (χ1) is 8.78. The minimum absolute atomic E-state index is 0.420. The number of thiophene rings is 1. The van der Waals surface area contributed by atoms with E-state index in [1.807, 2.05) is 0 Å². The third kappa shape index (κ3) is 4.13. The molecule has 1 aromatic rings. The van der Waals surface area contributed by atoms with Crippen molar-refractivity contribution in [2.45, 2.75) is 45.3 Å². The van der Waals surface area contributed by atoms with Crippen molar-refractivity contribution in [3.63, 3.8) is 0 Å². The van der Waals surface area contributed by atoms with Crippen molar-refractivity contribution in [1.29, 1.82) is 0 Å². The van der Waals surface area contributed by atoms with Crippen molar-refractivity contribution in [3.05, 3.63) is 21.9 Å². The van der Waals surface area contributed by atoms with Crippen molar-refractivity contribution in [1.82, 2.24) is 0 Å². The summed E-state index contributed by atoms with van der Waals surface area (Å²) < 4.78 is 5.99. The van der Waals surface area contributed by atoms with Crippen LogP contribution in [0, 0.1) is 17.8 Å². The predicted octanol–water partition coefficient (Wildman–Crippen LogP) is 3.15. The van der Waals surface area contributed by atoms with Gasteiger partial charge >= 0.3 is 0 Å². The zero-order valence-electron chi connectivity index (χ0n) is 10.9. The van der Waals surface area contributed by atoms with Crippen LogP contribution >= 0.6 is 11.3 Å². The molecule has 2 unspecified atom stereocenters.